The van der Waals surface area contributed by atoms with E-state index < -0.39 is 0 Å². The molecule has 1 aromatic heterocycles. The predicted octanol–water partition coefficient (Wildman–Crippen LogP) is 2.52. The molecule has 1 amide bonds. The zero-order valence-electron chi connectivity index (χ0n) is 11.8. The van der Waals surface area contributed by atoms with Gasteiger partial charge in [-0.2, -0.15) is 0 Å². The Kier molecular flexibility index (Phi) is 3.75. The fourth-order valence-electron chi connectivity index (χ4n) is 2.51. The van der Waals surface area contributed by atoms with Gasteiger partial charge in [-0.25, -0.2) is 4.39 Å². The number of halogens is 1. The lowest BCUT2D eigenvalue weighted by molar-refractivity contribution is 0.0624. The van der Waals surface area contributed by atoms with E-state index in [1.807, 2.05) is 11.8 Å². The zero-order chi connectivity index (χ0) is 14.8. The van der Waals surface area contributed by atoms with E-state index >= 15 is 0 Å². The van der Waals surface area contributed by atoms with Gasteiger partial charge < -0.3 is 14.6 Å². The van der Waals surface area contributed by atoms with Crippen LogP contribution in [0.2, 0.25) is 0 Å². The zero-order valence-corrected chi connectivity index (χ0v) is 11.8. The first-order chi connectivity index (χ1) is 10.1. The minimum atomic E-state index is -0.295. The number of carbonyl (C=O) groups is 1. The number of nitrogens with zero attached hydrogens (tertiary/aromatic N) is 1. The van der Waals surface area contributed by atoms with Crippen LogP contribution in [0.4, 0.5) is 4.39 Å². The van der Waals surface area contributed by atoms with E-state index in [2.05, 4.69) is 5.32 Å². The molecule has 0 radical (unpaired) electrons. The van der Waals surface area contributed by atoms with Crippen LogP contribution in [0.25, 0.3) is 11.3 Å². The maximum Gasteiger partial charge on any atom is 0.289 e. The van der Waals surface area contributed by atoms with Gasteiger partial charge in [0.2, 0.25) is 0 Å². The molecule has 0 unspecified atom stereocenters. The van der Waals surface area contributed by atoms with Crippen molar-refractivity contribution in [1.29, 1.82) is 0 Å². The van der Waals surface area contributed by atoms with Gasteiger partial charge in [0.05, 0.1) is 0 Å². The van der Waals surface area contributed by atoms with Gasteiger partial charge in [-0.05, 0) is 43.3 Å². The second kappa shape index (κ2) is 5.69. The summed E-state index contributed by atoms with van der Waals surface area (Å²) >= 11 is 0. The summed E-state index contributed by atoms with van der Waals surface area (Å²) in [5, 5.41) is 3.25. The number of furan rings is 1. The Hall–Kier alpha value is -2.14. The van der Waals surface area contributed by atoms with Crippen LogP contribution < -0.4 is 5.32 Å². The van der Waals surface area contributed by atoms with Crippen LogP contribution in [0.15, 0.2) is 40.8 Å². The molecule has 0 bridgehead atoms. The van der Waals surface area contributed by atoms with Crippen LogP contribution in [-0.4, -0.2) is 36.5 Å². The Morgan fingerprint density at radius 1 is 1.29 bits per heavy atom. The number of amides is 1. The van der Waals surface area contributed by atoms with E-state index in [4.69, 9.17) is 4.42 Å². The molecule has 1 aliphatic rings. The molecular weight excluding hydrogens is 271 g/mol. The van der Waals surface area contributed by atoms with Crippen molar-refractivity contribution in [2.45, 2.75) is 13.0 Å². The average molecular weight is 288 g/mol. The lowest BCUT2D eigenvalue weighted by Crippen LogP contribution is -2.52. The molecule has 1 N–H and O–H groups in total. The molecule has 1 aromatic carbocycles. The summed E-state index contributed by atoms with van der Waals surface area (Å²) in [6, 6.07) is 9.58. The maximum atomic E-state index is 12.9. The molecule has 110 valence electrons. The summed E-state index contributed by atoms with van der Waals surface area (Å²) < 4.78 is 18.6. The lowest BCUT2D eigenvalue weighted by atomic mass is 10.2. The third-order valence-corrected chi connectivity index (χ3v) is 3.71. The molecule has 1 fully saturated rings. The van der Waals surface area contributed by atoms with Gasteiger partial charge >= 0.3 is 0 Å². The van der Waals surface area contributed by atoms with Crippen LogP contribution in [0.3, 0.4) is 0 Å². The summed E-state index contributed by atoms with van der Waals surface area (Å²) in [6.07, 6.45) is 0. The van der Waals surface area contributed by atoms with Crippen LogP contribution in [0.5, 0.6) is 0 Å². The van der Waals surface area contributed by atoms with E-state index in [0.29, 0.717) is 18.1 Å². The molecular formula is C16H17FN2O2. The summed E-state index contributed by atoms with van der Waals surface area (Å²) in [7, 11) is 0. The predicted molar refractivity (Wildman–Crippen MR) is 77.5 cm³/mol. The minimum Gasteiger partial charge on any atom is -0.451 e. The second-order valence-electron chi connectivity index (χ2n) is 5.22. The van der Waals surface area contributed by atoms with Gasteiger partial charge in [0, 0.05) is 31.2 Å². The highest BCUT2D eigenvalue weighted by atomic mass is 19.1. The van der Waals surface area contributed by atoms with E-state index in [0.717, 1.165) is 18.7 Å². The quantitative estimate of drug-likeness (QED) is 0.923. The number of rotatable bonds is 2. The van der Waals surface area contributed by atoms with Crippen LogP contribution in [0.1, 0.15) is 17.5 Å². The van der Waals surface area contributed by atoms with Crippen molar-refractivity contribution in [3.8, 4) is 11.3 Å². The van der Waals surface area contributed by atoms with Crippen molar-refractivity contribution in [2.75, 3.05) is 19.6 Å². The summed E-state index contributed by atoms with van der Waals surface area (Å²) in [5.74, 6) is 0.498. The second-order valence-corrected chi connectivity index (χ2v) is 5.22. The van der Waals surface area contributed by atoms with Crippen molar-refractivity contribution < 1.29 is 13.6 Å². The van der Waals surface area contributed by atoms with E-state index in [9.17, 15) is 9.18 Å². The van der Waals surface area contributed by atoms with Gasteiger partial charge in [0.15, 0.2) is 5.76 Å². The molecule has 3 rings (SSSR count). The molecule has 5 heteroatoms. The summed E-state index contributed by atoms with van der Waals surface area (Å²) in [5.41, 5.74) is 0.754. The average Bonchev–Trinajstić information content (AvgIpc) is 2.98. The third-order valence-electron chi connectivity index (χ3n) is 3.71. The Bertz CT molecular complexity index is 636. The Labute approximate surface area is 122 Å². The van der Waals surface area contributed by atoms with Gasteiger partial charge in [-0.15, -0.1) is 0 Å². The van der Waals surface area contributed by atoms with Crippen LogP contribution in [-0.2, 0) is 0 Å². The molecule has 0 spiro atoms. The summed E-state index contributed by atoms with van der Waals surface area (Å²) in [6.45, 7) is 4.26. The number of carbonyl (C=O) groups excluding carboxylic acids is 1. The number of hydrogen-bond donors (Lipinski definition) is 1. The minimum absolute atomic E-state index is 0.0997. The standard InChI is InChI=1S/C16H17FN2O2/c1-11-10-18-8-9-19(11)16(20)15-7-6-14(21-15)12-2-4-13(17)5-3-12/h2-7,11,18H,8-10H2,1H3/t11-/m1/s1. The molecule has 4 nitrogen and oxygen atoms in total. The molecule has 1 saturated heterocycles. The van der Waals surface area contributed by atoms with E-state index in [-0.39, 0.29) is 17.8 Å². The largest absolute Gasteiger partial charge is 0.451 e. The number of piperazine rings is 1. The molecule has 0 aliphatic carbocycles. The van der Waals surface area contributed by atoms with Crippen molar-refractivity contribution >= 4 is 5.91 Å². The van der Waals surface area contributed by atoms with Gasteiger partial charge in [-0.3, -0.25) is 4.79 Å². The highest BCUT2D eigenvalue weighted by Gasteiger charge is 2.26. The van der Waals surface area contributed by atoms with Crippen molar-refractivity contribution in [2.24, 2.45) is 0 Å². The first kappa shape index (κ1) is 13.8. The monoisotopic (exact) mass is 288 g/mol. The van der Waals surface area contributed by atoms with Crippen LogP contribution >= 0.6 is 0 Å². The molecule has 21 heavy (non-hydrogen) atoms. The normalized spacial score (nSPS) is 18.8. The fourth-order valence-corrected chi connectivity index (χ4v) is 2.51. The van der Waals surface area contributed by atoms with E-state index in [1.54, 1.807) is 24.3 Å². The number of hydrogen-bond acceptors (Lipinski definition) is 3. The Morgan fingerprint density at radius 3 is 2.76 bits per heavy atom. The molecule has 1 aliphatic heterocycles. The van der Waals surface area contributed by atoms with Crippen molar-refractivity contribution in [1.82, 2.24) is 10.2 Å². The topological polar surface area (TPSA) is 45.5 Å². The van der Waals surface area contributed by atoms with Crippen molar-refractivity contribution in [3.05, 3.63) is 48.0 Å². The molecule has 2 aromatic rings. The summed E-state index contributed by atoms with van der Waals surface area (Å²) in [4.78, 5) is 14.3. The fraction of sp³-hybridized carbons (Fsp3) is 0.312. The molecule has 1 atom stereocenters. The maximum absolute atomic E-state index is 12.9. The smallest absolute Gasteiger partial charge is 0.289 e. The first-order valence-electron chi connectivity index (χ1n) is 7.02. The van der Waals surface area contributed by atoms with Gasteiger partial charge in [-0.1, -0.05) is 0 Å². The lowest BCUT2D eigenvalue weighted by Gasteiger charge is -2.33. The Morgan fingerprint density at radius 2 is 2.05 bits per heavy atom. The SMILES string of the molecule is C[C@@H]1CNCCN1C(=O)c1ccc(-c2ccc(F)cc2)o1. The highest BCUT2D eigenvalue weighted by Crippen LogP contribution is 2.23. The van der Waals surface area contributed by atoms with E-state index in [1.165, 1.54) is 12.1 Å². The van der Waals surface area contributed by atoms with Gasteiger partial charge in [0.25, 0.3) is 5.91 Å². The Balaban J connectivity index is 1.81. The molecule has 0 saturated carbocycles. The van der Waals surface area contributed by atoms with Crippen molar-refractivity contribution in [3.63, 3.8) is 0 Å². The first-order valence-corrected chi connectivity index (χ1v) is 7.02. The number of benzene rings is 1. The molecule has 2 heterocycles. The highest BCUT2D eigenvalue weighted by molar-refractivity contribution is 5.92. The van der Waals surface area contributed by atoms with Gasteiger partial charge in [0.1, 0.15) is 11.6 Å². The van der Waals surface area contributed by atoms with Crippen LogP contribution in [0, 0.1) is 5.82 Å². The third kappa shape index (κ3) is 2.83. The number of nitrogens with one attached hydrogen (secondary N) is 1.